The summed E-state index contributed by atoms with van der Waals surface area (Å²) < 4.78 is 34.3. The Morgan fingerprint density at radius 3 is 2.36 bits per heavy atom. The lowest BCUT2D eigenvalue weighted by Crippen LogP contribution is -2.40. The largest absolute Gasteiger partial charge is 0.495 e. The summed E-state index contributed by atoms with van der Waals surface area (Å²) in [6.45, 7) is 1.89. The maximum atomic E-state index is 13.0. The Morgan fingerprint density at radius 2 is 1.75 bits per heavy atom. The molecule has 1 aliphatic rings. The summed E-state index contributed by atoms with van der Waals surface area (Å²) in [7, 11) is -2.69. The van der Waals surface area contributed by atoms with Crippen LogP contribution >= 0.6 is 15.9 Å². The van der Waals surface area contributed by atoms with Gasteiger partial charge in [-0.1, -0.05) is 6.07 Å². The first-order valence-corrected chi connectivity index (χ1v) is 10.8. The first-order chi connectivity index (χ1) is 13.2. The molecule has 2 aromatic carbocycles. The van der Waals surface area contributed by atoms with Gasteiger partial charge >= 0.3 is 0 Å². The molecule has 1 heterocycles. The van der Waals surface area contributed by atoms with Crippen molar-refractivity contribution in [3.63, 3.8) is 0 Å². The van der Waals surface area contributed by atoms with Gasteiger partial charge in [0.25, 0.3) is 10.0 Å². The molecule has 28 heavy (non-hydrogen) atoms. The number of halogens is 1. The molecule has 0 radical (unpaired) electrons. The molecular weight excluding hydrogens is 448 g/mol. The Bertz CT molecular complexity index is 1040. The summed E-state index contributed by atoms with van der Waals surface area (Å²) in [5, 5.41) is 0. The highest BCUT2D eigenvalue weighted by molar-refractivity contribution is 9.10. The van der Waals surface area contributed by atoms with Crippen molar-refractivity contribution in [2.24, 2.45) is 0 Å². The van der Waals surface area contributed by atoms with E-state index in [1.54, 1.807) is 18.2 Å². The van der Waals surface area contributed by atoms with E-state index in [-0.39, 0.29) is 41.0 Å². The van der Waals surface area contributed by atoms with Gasteiger partial charge in [0, 0.05) is 17.3 Å². The SMILES string of the molecule is COc1ccc(N2C(=O)CCCC2=O)cc1S(=O)(=O)Nc1ccc(C)cc1Br. The molecule has 0 bridgehead atoms. The number of anilines is 2. The number of hydrogen-bond donors (Lipinski definition) is 1. The van der Waals surface area contributed by atoms with Crippen molar-refractivity contribution < 1.29 is 22.7 Å². The van der Waals surface area contributed by atoms with Gasteiger partial charge < -0.3 is 4.74 Å². The number of methoxy groups -OCH3 is 1. The van der Waals surface area contributed by atoms with Gasteiger partial charge in [-0.3, -0.25) is 19.2 Å². The molecule has 2 amide bonds. The van der Waals surface area contributed by atoms with E-state index in [0.717, 1.165) is 10.5 Å². The lowest BCUT2D eigenvalue weighted by atomic mass is 10.1. The number of carbonyl (C=O) groups excluding carboxylic acids is 2. The molecule has 0 aromatic heterocycles. The summed E-state index contributed by atoms with van der Waals surface area (Å²) in [5.41, 5.74) is 1.54. The number of ether oxygens (including phenoxy) is 1. The number of amides is 2. The smallest absolute Gasteiger partial charge is 0.265 e. The van der Waals surface area contributed by atoms with E-state index in [2.05, 4.69) is 20.7 Å². The van der Waals surface area contributed by atoms with Gasteiger partial charge in [0.05, 0.1) is 18.5 Å². The lowest BCUT2D eigenvalue weighted by Gasteiger charge is -2.25. The number of imide groups is 1. The van der Waals surface area contributed by atoms with Crippen LogP contribution in [-0.2, 0) is 19.6 Å². The van der Waals surface area contributed by atoms with Crippen LogP contribution in [0.5, 0.6) is 5.75 Å². The molecule has 1 N–H and O–H groups in total. The number of hydrogen-bond acceptors (Lipinski definition) is 5. The van der Waals surface area contributed by atoms with E-state index >= 15 is 0 Å². The van der Waals surface area contributed by atoms with E-state index in [1.807, 2.05) is 6.92 Å². The van der Waals surface area contributed by atoms with Crippen molar-refractivity contribution in [1.82, 2.24) is 0 Å². The quantitative estimate of drug-likeness (QED) is 0.679. The van der Waals surface area contributed by atoms with Crippen LogP contribution in [0.3, 0.4) is 0 Å². The molecule has 148 valence electrons. The average molecular weight is 467 g/mol. The molecule has 2 aromatic rings. The Hall–Kier alpha value is -2.39. The van der Waals surface area contributed by atoms with Crippen molar-refractivity contribution in [1.29, 1.82) is 0 Å². The van der Waals surface area contributed by atoms with Crippen molar-refractivity contribution in [3.8, 4) is 5.75 Å². The van der Waals surface area contributed by atoms with Crippen molar-refractivity contribution >= 4 is 49.1 Å². The summed E-state index contributed by atoms with van der Waals surface area (Å²) in [6.07, 6.45) is 0.987. The third-order valence-corrected chi connectivity index (χ3v) is 6.39. The molecule has 1 aliphatic heterocycles. The Labute approximate surface area is 171 Å². The Kier molecular flexibility index (Phi) is 5.76. The highest BCUT2D eigenvalue weighted by Crippen LogP contribution is 2.33. The predicted octanol–water partition coefficient (Wildman–Crippen LogP) is 3.61. The van der Waals surface area contributed by atoms with Gasteiger partial charge in [-0.15, -0.1) is 0 Å². The first-order valence-electron chi connectivity index (χ1n) is 8.56. The fourth-order valence-corrected chi connectivity index (χ4v) is 4.95. The first kappa shape index (κ1) is 20.3. The Balaban J connectivity index is 2.04. The third kappa shape index (κ3) is 4.05. The van der Waals surface area contributed by atoms with Crippen molar-refractivity contribution in [2.75, 3.05) is 16.7 Å². The number of piperidine rings is 1. The van der Waals surface area contributed by atoms with Gasteiger partial charge in [0.1, 0.15) is 10.6 Å². The standard InChI is InChI=1S/C19H19BrN2O5S/c1-12-6-8-15(14(20)10-12)21-28(25,26)17-11-13(7-9-16(17)27-2)22-18(23)4-3-5-19(22)24/h6-11,21H,3-5H2,1-2H3. The van der Waals surface area contributed by atoms with E-state index in [9.17, 15) is 18.0 Å². The molecular formula is C19H19BrN2O5S. The lowest BCUT2D eigenvalue weighted by molar-refractivity contribution is -0.129. The van der Waals surface area contributed by atoms with E-state index in [1.165, 1.54) is 25.3 Å². The van der Waals surface area contributed by atoms with Crippen LogP contribution in [0.2, 0.25) is 0 Å². The van der Waals surface area contributed by atoms with Crippen LogP contribution in [0.1, 0.15) is 24.8 Å². The zero-order chi connectivity index (χ0) is 20.5. The second-order valence-corrected chi connectivity index (χ2v) is 8.91. The molecule has 0 spiro atoms. The minimum Gasteiger partial charge on any atom is -0.495 e. The fraction of sp³-hybridized carbons (Fsp3) is 0.263. The van der Waals surface area contributed by atoms with Crippen LogP contribution in [0.4, 0.5) is 11.4 Å². The molecule has 0 saturated carbocycles. The summed E-state index contributed by atoms with van der Waals surface area (Å²) >= 11 is 3.34. The van der Waals surface area contributed by atoms with Crippen LogP contribution in [0.25, 0.3) is 0 Å². The summed E-state index contributed by atoms with van der Waals surface area (Å²) in [6, 6.07) is 9.43. The fourth-order valence-electron chi connectivity index (χ4n) is 2.96. The van der Waals surface area contributed by atoms with Crippen molar-refractivity contribution in [2.45, 2.75) is 31.1 Å². The zero-order valence-corrected chi connectivity index (χ0v) is 17.8. The number of carbonyl (C=O) groups is 2. The second-order valence-electron chi connectivity index (χ2n) is 6.40. The van der Waals surface area contributed by atoms with Gasteiger partial charge in [-0.05, 0) is 65.2 Å². The molecule has 0 atom stereocenters. The number of sulfonamides is 1. The molecule has 0 aliphatic carbocycles. The van der Waals surface area contributed by atoms with E-state index in [4.69, 9.17) is 4.74 Å². The van der Waals surface area contributed by atoms with Gasteiger partial charge in [-0.25, -0.2) is 8.42 Å². The van der Waals surface area contributed by atoms with Gasteiger partial charge in [0.2, 0.25) is 11.8 Å². The van der Waals surface area contributed by atoms with Crippen molar-refractivity contribution in [3.05, 3.63) is 46.4 Å². The monoisotopic (exact) mass is 466 g/mol. The van der Waals surface area contributed by atoms with Crippen LogP contribution in [0, 0.1) is 6.92 Å². The van der Waals surface area contributed by atoms with Crippen LogP contribution < -0.4 is 14.4 Å². The summed E-state index contributed by atoms with van der Waals surface area (Å²) in [4.78, 5) is 25.3. The zero-order valence-electron chi connectivity index (χ0n) is 15.4. The van der Waals surface area contributed by atoms with Gasteiger partial charge in [-0.2, -0.15) is 0 Å². The maximum absolute atomic E-state index is 13.0. The molecule has 9 heteroatoms. The normalized spacial score (nSPS) is 14.9. The number of benzene rings is 2. The number of aryl methyl sites for hydroxylation is 1. The highest BCUT2D eigenvalue weighted by atomic mass is 79.9. The van der Waals surface area contributed by atoms with E-state index in [0.29, 0.717) is 16.6 Å². The minimum atomic E-state index is -4.04. The molecule has 1 saturated heterocycles. The number of rotatable bonds is 5. The molecule has 7 nitrogen and oxygen atoms in total. The number of nitrogens with one attached hydrogen (secondary N) is 1. The summed E-state index contributed by atoms with van der Waals surface area (Å²) in [5.74, 6) is -0.589. The maximum Gasteiger partial charge on any atom is 0.265 e. The molecule has 3 rings (SSSR count). The highest BCUT2D eigenvalue weighted by Gasteiger charge is 2.30. The van der Waals surface area contributed by atoms with Crippen LogP contribution in [0.15, 0.2) is 45.8 Å². The average Bonchev–Trinajstić information content (AvgIpc) is 2.64. The third-order valence-electron chi connectivity index (χ3n) is 4.34. The molecule has 0 unspecified atom stereocenters. The number of nitrogens with zero attached hydrogens (tertiary/aromatic N) is 1. The molecule has 1 fully saturated rings. The minimum absolute atomic E-state index is 0.108. The van der Waals surface area contributed by atoms with Crippen LogP contribution in [-0.4, -0.2) is 27.3 Å². The second kappa shape index (κ2) is 7.92. The topological polar surface area (TPSA) is 92.8 Å². The van der Waals surface area contributed by atoms with Gasteiger partial charge in [0.15, 0.2) is 0 Å². The Morgan fingerprint density at radius 1 is 1.07 bits per heavy atom. The predicted molar refractivity (Wildman–Crippen MR) is 109 cm³/mol. The van der Waals surface area contributed by atoms with E-state index < -0.39 is 10.0 Å².